The minimum atomic E-state index is 0. The van der Waals surface area contributed by atoms with E-state index in [1.54, 1.807) is 18.4 Å². The molecule has 2 aromatic rings. The number of aromatic nitrogens is 1. The Labute approximate surface area is 178 Å². The van der Waals surface area contributed by atoms with E-state index < -0.39 is 0 Å². The zero-order chi connectivity index (χ0) is 18.1. The van der Waals surface area contributed by atoms with Gasteiger partial charge in [-0.15, -0.1) is 35.3 Å². The van der Waals surface area contributed by atoms with Gasteiger partial charge in [0.1, 0.15) is 0 Å². The molecule has 0 aliphatic heterocycles. The van der Waals surface area contributed by atoms with Gasteiger partial charge in [0.15, 0.2) is 5.96 Å². The first-order chi connectivity index (χ1) is 12.1. The molecular weight excluding hydrogens is 457 g/mol. The molecular formula is C19H30IN5S. The summed E-state index contributed by atoms with van der Waals surface area (Å²) in [5.41, 5.74) is 2.28. The molecule has 26 heavy (non-hydrogen) atoms. The van der Waals surface area contributed by atoms with Crippen LogP contribution in [0.25, 0.3) is 0 Å². The zero-order valence-corrected chi connectivity index (χ0v) is 19.1. The van der Waals surface area contributed by atoms with Crippen molar-refractivity contribution in [1.82, 2.24) is 15.6 Å². The number of hydrogen-bond acceptors (Lipinski definition) is 4. The van der Waals surface area contributed by atoms with E-state index in [2.05, 4.69) is 57.3 Å². The molecule has 144 valence electrons. The number of para-hydroxylation sites is 1. The average molecular weight is 487 g/mol. The molecule has 2 rings (SSSR count). The molecule has 1 aromatic carbocycles. The van der Waals surface area contributed by atoms with Crippen molar-refractivity contribution in [2.75, 3.05) is 25.5 Å². The van der Waals surface area contributed by atoms with Gasteiger partial charge in [0.05, 0.1) is 10.7 Å². The maximum atomic E-state index is 4.49. The van der Waals surface area contributed by atoms with Crippen LogP contribution in [0.15, 0.2) is 40.7 Å². The molecule has 0 saturated heterocycles. The molecule has 0 radical (unpaired) electrons. The molecule has 0 aliphatic carbocycles. The lowest BCUT2D eigenvalue weighted by molar-refractivity contribution is 0.512. The lowest BCUT2D eigenvalue weighted by Gasteiger charge is -2.25. The molecule has 0 spiro atoms. The summed E-state index contributed by atoms with van der Waals surface area (Å²) in [6.45, 7) is 8.11. The van der Waals surface area contributed by atoms with Crippen molar-refractivity contribution >= 4 is 47.0 Å². The summed E-state index contributed by atoms with van der Waals surface area (Å²) in [5, 5.41) is 13.6. The standard InChI is InChI=1S/C19H29N5S.HI/c1-14(2)18(24-16-8-6-5-7-9-16)12-22-19(20-4)21-11-10-17-13-25-15(3)23-17;/h5-9,13-14,18,24H,10-12H2,1-4H3,(H2,20,21,22);1H. The number of anilines is 1. The van der Waals surface area contributed by atoms with E-state index in [0.29, 0.717) is 12.0 Å². The van der Waals surface area contributed by atoms with Crippen molar-refractivity contribution < 1.29 is 0 Å². The molecule has 1 atom stereocenters. The molecule has 0 amide bonds. The molecule has 5 nitrogen and oxygen atoms in total. The molecule has 1 aromatic heterocycles. The molecule has 3 N–H and O–H groups in total. The molecule has 7 heteroatoms. The van der Waals surface area contributed by atoms with Crippen molar-refractivity contribution in [3.8, 4) is 0 Å². The van der Waals surface area contributed by atoms with E-state index >= 15 is 0 Å². The number of hydrogen-bond donors (Lipinski definition) is 3. The normalized spacial score (nSPS) is 12.4. The lowest BCUT2D eigenvalue weighted by Crippen LogP contribution is -2.45. The summed E-state index contributed by atoms with van der Waals surface area (Å²) in [7, 11) is 1.80. The van der Waals surface area contributed by atoms with Crippen molar-refractivity contribution in [3.05, 3.63) is 46.4 Å². The fourth-order valence-electron chi connectivity index (χ4n) is 2.46. The third-order valence-corrected chi connectivity index (χ3v) is 4.81. The lowest BCUT2D eigenvalue weighted by atomic mass is 10.0. The summed E-state index contributed by atoms with van der Waals surface area (Å²) in [5.74, 6) is 1.33. The van der Waals surface area contributed by atoms with Gasteiger partial charge in [-0.3, -0.25) is 4.99 Å². The van der Waals surface area contributed by atoms with Crippen LogP contribution < -0.4 is 16.0 Å². The number of nitrogens with zero attached hydrogens (tertiary/aromatic N) is 2. The van der Waals surface area contributed by atoms with Gasteiger partial charge in [-0.1, -0.05) is 32.0 Å². The second-order valence-corrected chi connectivity index (χ2v) is 7.41. The molecule has 0 fully saturated rings. The van der Waals surface area contributed by atoms with Gasteiger partial charge < -0.3 is 16.0 Å². The largest absolute Gasteiger partial charge is 0.380 e. The fourth-order valence-corrected chi connectivity index (χ4v) is 3.11. The van der Waals surface area contributed by atoms with Crippen LogP contribution in [-0.4, -0.2) is 37.1 Å². The minimum absolute atomic E-state index is 0. The second kappa shape index (κ2) is 12.1. The first kappa shape index (κ1) is 22.7. The summed E-state index contributed by atoms with van der Waals surface area (Å²) >= 11 is 1.69. The predicted molar refractivity (Wildman–Crippen MR) is 124 cm³/mol. The van der Waals surface area contributed by atoms with Crippen LogP contribution in [-0.2, 0) is 6.42 Å². The Kier molecular flexibility index (Phi) is 10.6. The van der Waals surface area contributed by atoms with Crippen LogP contribution in [0.1, 0.15) is 24.5 Å². The molecule has 1 unspecified atom stereocenters. The van der Waals surface area contributed by atoms with Crippen molar-refractivity contribution in [2.24, 2.45) is 10.9 Å². The summed E-state index contributed by atoms with van der Waals surface area (Å²) in [6.07, 6.45) is 0.904. The maximum absolute atomic E-state index is 4.49. The highest BCUT2D eigenvalue weighted by Crippen LogP contribution is 2.11. The number of rotatable bonds is 8. The van der Waals surface area contributed by atoms with Gasteiger partial charge in [-0.05, 0) is 25.0 Å². The monoisotopic (exact) mass is 487 g/mol. The van der Waals surface area contributed by atoms with E-state index in [-0.39, 0.29) is 24.0 Å². The highest BCUT2D eigenvalue weighted by atomic mass is 127. The van der Waals surface area contributed by atoms with Crippen molar-refractivity contribution in [1.29, 1.82) is 0 Å². The number of aryl methyl sites for hydroxylation is 1. The Hall–Kier alpha value is -1.35. The average Bonchev–Trinajstić information content (AvgIpc) is 3.02. The molecule has 0 aliphatic rings. The maximum Gasteiger partial charge on any atom is 0.191 e. The van der Waals surface area contributed by atoms with Crippen LogP contribution in [0, 0.1) is 12.8 Å². The molecule has 0 bridgehead atoms. The van der Waals surface area contributed by atoms with Gasteiger partial charge >= 0.3 is 0 Å². The highest BCUT2D eigenvalue weighted by Gasteiger charge is 2.13. The molecule has 1 heterocycles. The number of benzene rings is 1. The SMILES string of the molecule is CN=C(NCCc1csc(C)n1)NCC(Nc1ccccc1)C(C)C.I. The van der Waals surface area contributed by atoms with Crippen LogP contribution >= 0.6 is 35.3 Å². The van der Waals surface area contributed by atoms with E-state index in [0.717, 1.165) is 41.9 Å². The van der Waals surface area contributed by atoms with E-state index in [1.165, 1.54) is 0 Å². The number of guanidine groups is 1. The Balaban J connectivity index is 0.00000338. The third kappa shape index (κ3) is 7.90. The van der Waals surface area contributed by atoms with E-state index in [4.69, 9.17) is 0 Å². The first-order valence-electron chi connectivity index (χ1n) is 8.75. The number of aliphatic imine (C=N–C) groups is 1. The Bertz CT molecular complexity index is 657. The quantitative estimate of drug-likeness (QED) is 0.300. The topological polar surface area (TPSA) is 61.3 Å². The Morgan fingerprint density at radius 2 is 1.92 bits per heavy atom. The van der Waals surface area contributed by atoms with Crippen LogP contribution in [0.4, 0.5) is 5.69 Å². The zero-order valence-electron chi connectivity index (χ0n) is 16.0. The van der Waals surface area contributed by atoms with Gasteiger partial charge in [-0.25, -0.2) is 4.98 Å². The molecule has 0 saturated carbocycles. The summed E-state index contributed by atoms with van der Waals surface area (Å²) in [6, 6.07) is 10.6. The van der Waals surface area contributed by atoms with Crippen molar-refractivity contribution in [3.63, 3.8) is 0 Å². The van der Waals surface area contributed by atoms with E-state index in [9.17, 15) is 0 Å². The minimum Gasteiger partial charge on any atom is -0.380 e. The summed E-state index contributed by atoms with van der Waals surface area (Å²) in [4.78, 5) is 8.80. The highest BCUT2D eigenvalue weighted by molar-refractivity contribution is 14.0. The predicted octanol–water partition coefficient (Wildman–Crippen LogP) is 3.91. The first-order valence-corrected chi connectivity index (χ1v) is 9.63. The fraction of sp³-hybridized carbons (Fsp3) is 0.474. The third-order valence-electron chi connectivity index (χ3n) is 3.98. The van der Waals surface area contributed by atoms with Crippen molar-refractivity contribution in [2.45, 2.75) is 33.2 Å². The smallest absolute Gasteiger partial charge is 0.191 e. The van der Waals surface area contributed by atoms with Gasteiger partial charge in [0.2, 0.25) is 0 Å². The van der Waals surface area contributed by atoms with Crippen LogP contribution in [0.3, 0.4) is 0 Å². The van der Waals surface area contributed by atoms with Crippen LogP contribution in [0.5, 0.6) is 0 Å². The van der Waals surface area contributed by atoms with Crippen LogP contribution in [0.2, 0.25) is 0 Å². The van der Waals surface area contributed by atoms with Gasteiger partial charge in [0, 0.05) is 43.7 Å². The van der Waals surface area contributed by atoms with Gasteiger partial charge in [0.25, 0.3) is 0 Å². The number of thiazole rings is 1. The second-order valence-electron chi connectivity index (χ2n) is 6.35. The Morgan fingerprint density at radius 1 is 1.19 bits per heavy atom. The number of nitrogens with one attached hydrogen (secondary N) is 3. The summed E-state index contributed by atoms with van der Waals surface area (Å²) < 4.78 is 0. The van der Waals surface area contributed by atoms with Gasteiger partial charge in [-0.2, -0.15) is 0 Å². The Morgan fingerprint density at radius 3 is 2.50 bits per heavy atom. The van der Waals surface area contributed by atoms with E-state index in [1.807, 2.05) is 25.1 Å². The number of halogens is 1.